The number of nitrogens with two attached hydrogens (primary N) is 1. The summed E-state index contributed by atoms with van der Waals surface area (Å²) in [4.78, 5) is 27.0. The molecule has 0 unspecified atom stereocenters. The van der Waals surface area contributed by atoms with Gasteiger partial charge < -0.3 is 20.3 Å². The first-order valence-electron chi connectivity index (χ1n) is 7.44. The van der Waals surface area contributed by atoms with Gasteiger partial charge in [0.15, 0.2) is 0 Å². The zero-order valence-electron chi connectivity index (χ0n) is 12.5. The van der Waals surface area contributed by atoms with Crippen molar-refractivity contribution in [3.05, 3.63) is 44.7 Å². The van der Waals surface area contributed by atoms with Gasteiger partial charge in [0.05, 0.1) is 12.3 Å². The van der Waals surface area contributed by atoms with Crippen LogP contribution in [0.2, 0.25) is 0 Å². The van der Waals surface area contributed by atoms with E-state index in [0.717, 1.165) is 24.5 Å². The molecule has 1 aliphatic heterocycles. The standard InChI is InChI=1S/C16H19N3O3/c1-2-22-12-6-4-3-5-11(12)18-7-9-19(10-8-18)14-13(17)15(20)16(14)21/h3-6H,2,7-10,17H2,1H3. The summed E-state index contributed by atoms with van der Waals surface area (Å²) in [5.41, 5.74) is 6.17. The summed E-state index contributed by atoms with van der Waals surface area (Å²) in [5.74, 6) is 0.868. The molecular formula is C16H19N3O3. The van der Waals surface area contributed by atoms with Crippen LogP contribution in [-0.4, -0.2) is 32.8 Å². The van der Waals surface area contributed by atoms with Gasteiger partial charge in [-0.25, -0.2) is 0 Å². The monoisotopic (exact) mass is 301 g/mol. The lowest BCUT2D eigenvalue weighted by Crippen LogP contribution is -2.51. The Morgan fingerprint density at radius 3 is 2.32 bits per heavy atom. The number of rotatable bonds is 4. The Hall–Kier alpha value is -2.50. The van der Waals surface area contributed by atoms with Crippen LogP contribution in [0.1, 0.15) is 6.92 Å². The van der Waals surface area contributed by atoms with Crippen LogP contribution in [-0.2, 0) is 0 Å². The smallest absolute Gasteiger partial charge is 0.253 e. The third-order valence-corrected chi connectivity index (χ3v) is 4.02. The third-order valence-electron chi connectivity index (χ3n) is 4.02. The highest BCUT2D eigenvalue weighted by molar-refractivity contribution is 5.73. The van der Waals surface area contributed by atoms with E-state index >= 15 is 0 Å². The quantitative estimate of drug-likeness (QED) is 0.833. The van der Waals surface area contributed by atoms with Gasteiger partial charge in [-0.05, 0) is 19.1 Å². The summed E-state index contributed by atoms with van der Waals surface area (Å²) in [6, 6.07) is 7.93. The summed E-state index contributed by atoms with van der Waals surface area (Å²) in [6.45, 7) is 5.41. The molecule has 1 saturated heterocycles. The minimum Gasteiger partial charge on any atom is -0.492 e. The van der Waals surface area contributed by atoms with Crippen LogP contribution in [0.4, 0.5) is 17.1 Å². The van der Waals surface area contributed by atoms with Crippen molar-refractivity contribution in [2.45, 2.75) is 6.92 Å². The Morgan fingerprint density at radius 2 is 1.68 bits per heavy atom. The molecule has 1 aliphatic rings. The fourth-order valence-electron chi connectivity index (χ4n) is 2.88. The lowest BCUT2D eigenvalue weighted by molar-refractivity contribution is 0.340. The molecule has 0 atom stereocenters. The first-order chi connectivity index (χ1) is 10.6. The second-order valence-electron chi connectivity index (χ2n) is 5.30. The molecule has 22 heavy (non-hydrogen) atoms. The van der Waals surface area contributed by atoms with Crippen LogP contribution in [0.5, 0.6) is 5.75 Å². The first kappa shape index (κ1) is 14.4. The number of ether oxygens (including phenoxy) is 1. The largest absolute Gasteiger partial charge is 0.492 e. The molecular weight excluding hydrogens is 282 g/mol. The first-order valence-corrected chi connectivity index (χ1v) is 7.44. The number of benzene rings is 1. The Bertz CT molecular complexity index is 741. The average molecular weight is 301 g/mol. The van der Waals surface area contributed by atoms with Crippen molar-refractivity contribution >= 4 is 17.1 Å². The van der Waals surface area contributed by atoms with Gasteiger partial charge in [-0.1, -0.05) is 12.1 Å². The van der Waals surface area contributed by atoms with Crippen molar-refractivity contribution in [1.82, 2.24) is 0 Å². The number of hydrogen-bond acceptors (Lipinski definition) is 6. The molecule has 2 aromatic rings. The van der Waals surface area contributed by atoms with E-state index < -0.39 is 10.9 Å². The van der Waals surface area contributed by atoms with Crippen molar-refractivity contribution in [3.8, 4) is 5.75 Å². The second-order valence-corrected chi connectivity index (χ2v) is 5.30. The number of para-hydroxylation sites is 2. The number of piperazine rings is 1. The molecule has 0 saturated carbocycles. The molecule has 0 aliphatic carbocycles. The zero-order valence-corrected chi connectivity index (χ0v) is 12.5. The fourth-order valence-corrected chi connectivity index (χ4v) is 2.88. The average Bonchev–Trinajstić information content (AvgIpc) is 2.56. The van der Waals surface area contributed by atoms with Gasteiger partial charge in [-0.3, -0.25) is 9.59 Å². The molecule has 1 heterocycles. The van der Waals surface area contributed by atoms with E-state index in [2.05, 4.69) is 4.90 Å². The maximum absolute atomic E-state index is 11.6. The Morgan fingerprint density at radius 1 is 1.05 bits per heavy atom. The molecule has 3 rings (SSSR count). The third kappa shape index (κ3) is 2.30. The van der Waals surface area contributed by atoms with Gasteiger partial charge in [0.25, 0.3) is 10.9 Å². The van der Waals surface area contributed by atoms with Gasteiger partial charge in [0.1, 0.15) is 17.1 Å². The minimum absolute atomic E-state index is 0.105. The zero-order chi connectivity index (χ0) is 15.7. The van der Waals surface area contributed by atoms with E-state index in [-0.39, 0.29) is 5.69 Å². The summed E-state index contributed by atoms with van der Waals surface area (Å²) in [6.07, 6.45) is 0. The lowest BCUT2D eigenvalue weighted by Gasteiger charge is -2.38. The number of anilines is 3. The van der Waals surface area contributed by atoms with E-state index in [1.54, 1.807) is 0 Å². The molecule has 2 aromatic carbocycles. The van der Waals surface area contributed by atoms with E-state index in [9.17, 15) is 9.59 Å². The van der Waals surface area contributed by atoms with E-state index in [0.29, 0.717) is 25.4 Å². The minimum atomic E-state index is -0.556. The molecule has 6 heteroatoms. The topological polar surface area (TPSA) is 75.9 Å². The molecule has 1 fully saturated rings. The Balaban J connectivity index is 1.73. The van der Waals surface area contributed by atoms with E-state index in [1.807, 2.05) is 36.1 Å². The van der Waals surface area contributed by atoms with Crippen molar-refractivity contribution in [1.29, 1.82) is 0 Å². The predicted octanol–water partition coefficient (Wildman–Crippen LogP) is 0.590. The summed E-state index contributed by atoms with van der Waals surface area (Å²) >= 11 is 0. The molecule has 0 spiro atoms. The highest BCUT2D eigenvalue weighted by atomic mass is 16.5. The van der Waals surface area contributed by atoms with Crippen LogP contribution in [0.3, 0.4) is 0 Å². The fraction of sp³-hybridized carbons (Fsp3) is 0.375. The molecule has 0 radical (unpaired) electrons. The predicted molar refractivity (Wildman–Crippen MR) is 87.8 cm³/mol. The van der Waals surface area contributed by atoms with Gasteiger partial charge in [-0.2, -0.15) is 0 Å². The van der Waals surface area contributed by atoms with Crippen LogP contribution < -0.4 is 31.1 Å². The van der Waals surface area contributed by atoms with Gasteiger partial charge in [-0.15, -0.1) is 0 Å². The van der Waals surface area contributed by atoms with Crippen LogP contribution in [0, 0.1) is 0 Å². The SMILES string of the molecule is CCOc1ccccc1N1CCN(c2c(N)c(=O)c2=O)CC1. The second kappa shape index (κ2) is 5.71. The summed E-state index contributed by atoms with van der Waals surface area (Å²) < 4.78 is 5.66. The van der Waals surface area contributed by atoms with Crippen molar-refractivity contribution in [2.75, 3.05) is 48.3 Å². The van der Waals surface area contributed by atoms with Gasteiger partial charge in [0.2, 0.25) is 0 Å². The number of hydrogen-bond donors (Lipinski definition) is 1. The normalized spacial score (nSPS) is 15.3. The van der Waals surface area contributed by atoms with Gasteiger partial charge in [0, 0.05) is 26.2 Å². The maximum atomic E-state index is 11.6. The molecule has 0 amide bonds. The molecule has 6 nitrogen and oxygen atoms in total. The van der Waals surface area contributed by atoms with Crippen molar-refractivity contribution in [3.63, 3.8) is 0 Å². The molecule has 116 valence electrons. The summed E-state index contributed by atoms with van der Waals surface area (Å²) in [7, 11) is 0. The van der Waals surface area contributed by atoms with Gasteiger partial charge >= 0.3 is 0 Å². The molecule has 0 aromatic heterocycles. The highest BCUT2D eigenvalue weighted by Crippen LogP contribution is 2.29. The number of nitrogens with zero attached hydrogens (tertiary/aromatic N) is 2. The summed E-state index contributed by atoms with van der Waals surface area (Å²) in [5, 5.41) is 0. The van der Waals surface area contributed by atoms with Crippen LogP contribution >= 0.6 is 0 Å². The maximum Gasteiger partial charge on any atom is 0.253 e. The molecule has 0 bridgehead atoms. The number of nitrogen functional groups attached to an aromatic ring is 1. The Kier molecular flexibility index (Phi) is 3.75. The van der Waals surface area contributed by atoms with E-state index in [4.69, 9.17) is 10.5 Å². The highest BCUT2D eigenvalue weighted by Gasteiger charge is 2.27. The van der Waals surface area contributed by atoms with E-state index in [1.165, 1.54) is 0 Å². The van der Waals surface area contributed by atoms with Crippen LogP contribution in [0.15, 0.2) is 33.9 Å². The van der Waals surface area contributed by atoms with Crippen molar-refractivity contribution in [2.24, 2.45) is 0 Å². The molecule has 2 N–H and O–H groups in total. The lowest BCUT2D eigenvalue weighted by atomic mass is 10.1. The van der Waals surface area contributed by atoms with Crippen molar-refractivity contribution < 1.29 is 4.74 Å². The Labute approximate surface area is 128 Å². The van der Waals surface area contributed by atoms with Crippen LogP contribution in [0.25, 0.3) is 0 Å².